The Balaban J connectivity index is 2.13. The van der Waals surface area contributed by atoms with Gasteiger partial charge in [-0.1, -0.05) is 0 Å². The van der Waals surface area contributed by atoms with Gasteiger partial charge in [-0.05, 0) is 6.42 Å². The number of hydrogen-bond donors (Lipinski definition) is 1. The van der Waals surface area contributed by atoms with Crippen molar-refractivity contribution >= 4 is 5.91 Å². The van der Waals surface area contributed by atoms with Crippen LogP contribution in [0.2, 0.25) is 0 Å². The lowest BCUT2D eigenvalue weighted by Crippen LogP contribution is -2.53. The maximum Gasteiger partial charge on any atom is 0.276 e. The first-order chi connectivity index (χ1) is 8.18. The molecule has 0 spiro atoms. The van der Waals surface area contributed by atoms with Gasteiger partial charge in [-0.15, -0.1) is 0 Å². The number of ether oxygens (including phenoxy) is 1. The molecule has 0 saturated carbocycles. The fourth-order valence-electron chi connectivity index (χ4n) is 2.32. The molecular formula is C11H12N2O4. The van der Waals surface area contributed by atoms with E-state index in [2.05, 4.69) is 0 Å². The summed E-state index contributed by atoms with van der Waals surface area (Å²) < 4.78 is 7.08. The first-order valence-corrected chi connectivity index (χ1v) is 5.53. The summed E-state index contributed by atoms with van der Waals surface area (Å²) in [5.74, 6) is -0.808. The van der Waals surface area contributed by atoms with Gasteiger partial charge in [0.25, 0.3) is 5.91 Å². The third-order valence-electron chi connectivity index (χ3n) is 3.17. The lowest BCUT2D eigenvalue weighted by atomic mass is 10.1. The molecule has 2 aliphatic rings. The Kier molecular flexibility index (Phi) is 2.19. The zero-order chi connectivity index (χ0) is 12.0. The maximum atomic E-state index is 12.2. The summed E-state index contributed by atoms with van der Waals surface area (Å²) in [6.45, 7) is 1.69. The van der Waals surface area contributed by atoms with Crippen molar-refractivity contribution in [2.75, 3.05) is 13.2 Å². The molecule has 0 aliphatic carbocycles. The number of rotatable bonds is 0. The monoisotopic (exact) mass is 236 g/mol. The van der Waals surface area contributed by atoms with E-state index in [9.17, 15) is 14.7 Å². The zero-order valence-corrected chi connectivity index (χ0v) is 9.13. The molecule has 1 amide bonds. The van der Waals surface area contributed by atoms with E-state index in [1.165, 1.54) is 12.3 Å². The van der Waals surface area contributed by atoms with Gasteiger partial charge in [0.15, 0.2) is 17.7 Å². The minimum absolute atomic E-state index is 0.0688. The number of fused-ring (bicyclic) bond motifs is 2. The van der Waals surface area contributed by atoms with Crippen molar-refractivity contribution in [3.05, 3.63) is 28.2 Å². The number of carbonyl (C=O) groups excluding carboxylic acids is 1. The predicted molar refractivity (Wildman–Crippen MR) is 57.8 cm³/mol. The average Bonchev–Trinajstić information content (AvgIpc) is 2.34. The third-order valence-corrected chi connectivity index (χ3v) is 3.17. The number of hydrogen-bond acceptors (Lipinski definition) is 4. The average molecular weight is 236 g/mol. The van der Waals surface area contributed by atoms with Crippen LogP contribution in [0.15, 0.2) is 17.1 Å². The van der Waals surface area contributed by atoms with Crippen LogP contribution in [0.25, 0.3) is 0 Å². The molecule has 90 valence electrons. The number of amides is 1. The molecule has 0 aromatic carbocycles. The molecule has 2 aliphatic heterocycles. The van der Waals surface area contributed by atoms with Crippen LogP contribution in [-0.2, 0) is 11.3 Å². The Morgan fingerprint density at radius 1 is 1.41 bits per heavy atom. The van der Waals surface area contributed by atoms with Gasteiger partial charge in [-0.3, -0.25) is 9.59 Å². The first kappa shape index (κ1) is 10.3. The molecule has 1 atom stereocenters. The summed E-state index contributed by atoms with van der Waals surface area (Å²) in [6.07, 6.45) is 2.01. The second kappa shape index (κ2) is 3.59. The van der Waals surface area contributed by atoms with E-state index in [-0.39, 0.29) is 17.8 Å². The van der Waals surface area contributed by atoms with Crippen molar-refractivity contribution in [1.29, 1.82) is 0 Å². The highest BCUT2D eigenvalue weighted by Gasteiger charge is 2.36. The van der Waals surface area contributed by atoms with E-state index in [4.69, 9.17) is 4.74 Å². The van der Waals surface area contributed by atoms with E-state index in [0.717, 1.165) is 6.42 Å². The molecule has 0 radical (unpaired) electrons. The molecule has 1 aromatic rings. The summed E-state index contributed by atoms with van der Waals surface area (Å²) in [7, 11) is 0. The van der Waals surface area contributed by atoms with Crippen molar-refractivity contribution in [1.82, 2.24) is 9.47 Å². The molecule has 1 unspecified atom stereocenters. The smallest absolute Gasteiger partial charge is 0.276 e. The Bertz CT molecular complexity index is 537. The Morgan fingerprint density at radius 3 is 3.06 bits per heavy atom. The Morgan fingerprint density at radius 2 is 2.24 bits per heavy atom. The normalized spacial score (nSPS) is 23.2. The van der Waals surface area contributed by atoms with Gasteiger partial charge in [0.2, 0.25) is 5.43 Å². The number of carbonyl (C=O) groups is 1. The number of pyridine rings is 1. The minimum atomic E-state index is -0.527. The van der Waals surface area contributed by atoms with Crippen LogP contribution in [0, 0.1) is 0 Å². The van der Waals surface area contributed by atoms with Crippen LogP contribution in [0.1, 0.15) is 16.9 Å². The quantitative estimate of drug-likeness (QED) is 0.674. The molecular weight excluding hydrogens is 224 g/mol. The van der Waals surface area contributed by atoms with Crippen LogP contribution in [0.4, 0.5) is 0 Å². The number of aromatic hydroxyl groups is 1. The van der Waals surface area contributed by atoms with Crippen LogP contribution in [0.3, 0.4) is 0 Å². The van der Waals surface area contributed by atoms with Gasteiger partial charge in [0.05, 0.1) is 13.2 Å². The molecule has 1 saturated heterocycles. The predicted octanol–water partition coefficient (Wildman–Crippen LogP) is -0.244. The van der Waals surface area contributed by atoms with Gasteiger partial charge in [0, 0.05) is 18.8 Å². The van der Waals surface area contributed by atoms with E-state index in [1.807, 2.05) is 0 Å². The first-order valence-electron chi connectivity index (χ1n) is 5.53. The van der Waals surface area contributed by atoms with E-state index in [0.29, 0.717) is 19.7 Å². The largest absolute Gasteiger partial charge is 0.503 e. The van der Waals surface area contributed by atoms with Crippen molar-refractivity contribution < 1.29 is 14.6 Å². The molecule has 1 fully saturated rings. The summed E-state index contributed by atoms with van der Waals surface area (Å²) in [6, 6.07) is 1.25. The number of aromatic nitrogens is 1. The minimum Gasteiger partial charge on any atom is -0.503 e. The van der Waals surface area contributed by atoms with Gasteiger partial charge >= 0.3 is 0 Å². The zero-order valence-electron chi connectivity index (χ0n) is 9.13. The van der Waals surface area contributed by atoms with Crippen LogP contribution in [0.5, 0.6) is 5.75 Å². The molecule has 0 bridgehead atoms. The molecule has 6 heteroatoms. The maximum absolute atomic E-state index is 12.2. The highest BCUT2D eigenvalue weighted by atomic mass is 16.5. The van der Waals surface area contributed by atoms with Gasteiger partial charge in [0.1, 0.15) is 0 Å². The molecule has 3 rings (SSSR count). The molecule has 6 nitrogen and oxygen atoms in total. The van der Waals surface area contributed by atoms with E-state index in [1.54, 1.807) is 9.47 Å². The lowest BCUT2D eigenvalue weighted by Gasteiger charge is -2.40. The van der Waals surface area contributed by atoms with E-state index < -0.39 is 11.2 Å². The summed E-state index contributed by atoms with van der Waals surface area (Å²) in [4.78, 5) is 25.0. The third kappa shape index (κ3) is 1.44. The van der Waals surface area contributed by atoms with Crippen LogP contribution in [-0.4, -0.2) is 39.9 Å². The van der Waals surface area contributed by atoms with Gasteiger partial charge in [-0.25, -0.2) is 0 Å². The van der Waals surface area contributed by atoms with Crippen molar-refractivity contribution in [2.45, 2.75) is 19.2 Å². The Labute approximate surface area is 97.0 Å². The van der Waals surface area contributed by atoms with Crippen molar-refractivity contribution in [2.24, 2.45) is 0 Å². The fourth-order valence-corrected chi connectivity index (χ4v) is 2.32. The van der Waals surface area contributed by atoms with Gasteiger partial charge in [-0.2, -0.15) is 0 Å². The highest BCUT2D eigenvalue weighted by molar-refractivity contribution is 5.95. The lowest BCUT2D eigenvalue weighted by molar-refractivity contribution is -0.0919. The number of nitrogens with zero attached hydrogens (tertiary/aromatic N) is 2. The second-order valence-corrected chi connectivity index (χ2v) is 4.21. The highest BCUT2D eigenvalue weighted by Crippen LogP contribution is 2.25. The Hall–Kier alpha value is -1.82. The van der Waals surface area contributed by atoms with Crippen LogP contribution < -0.4 is 5.43 Å². The van der Waals surface area contributed by atoms with Gasteiger partial charge < -0.3 is 19.3 Å². The topological polar surface area (TPSA) is 71.8 Å². The molecule has 17 heavy (non-hydrogen) atoms. The van der Waals surface area contributed by atoms with Crippen molar-refractivity contribution in [3.8, 4) is 5.75 Å². The SMILES string of the molecule is O=C1c2c(O)c(=O)ccn2CC2OCCCN12. The molecule has 1 aromatic heterocycles. The van der Waals surface area contributed by atoms with Crippen LogP contribution >= 0.6 is 0 Å². The van der Waals surface area contributed by atoms with Crippen molar-refractivity contribution in [3.63, 3.8) is 0 Å². The summed E-state index contributed by atoms with van der Waals surface area (Å²) in [5.41, 5.74) is -0.458. The standard InChI is InChI=1S/C11H12N2O4/c14-7-2-4-12-6-8-13(3-1-5-17-8)11(16)9(12)10(7)15/h2,4,8,15H,1,3,5-6H2. The molecule has 3 heterocycles. The fraction of sp³-hybridized carbons (Fsp3) is 0.455. The summed E-state index contributed by atoms with van der Waals surface area (Å²) >= 11 is 0. The second-order valence-electron chi connectivity index (χ2n) is 4.21. The van der Waals surface area contributed by atoms with E-state index >= 15 is 0 Å². The summed E-state index contributed by atoms with van der Waals surface area (Å²) in [5, 5.41) is 9.68. The molecule has 1 N–H and O–H groups in total.